The molecule has 0 saturated carbocycles. The Kier molecular flexibility index (Phi) is 6.02. The van der Waals surface area contributed by atoms with E-state index in [0.717, 1.165) is 17.7 Å². The average Bonchev–Trinajstić information content (AvgIpc) is 2.28. The Morgan fingerprint density at radius 3 is 2.75 bits per heavy atom. The van der Waals surface area contributed by atoms with Crippen molar-refractivity contribution < 1.29 is 9.53 Å². The number of nitrogens with zero attached hydrogens (tertiary/aromatic N) is 1. The summed E-state index contributed by atoms with van der Waals surface area (Å²) in [5, 5.41) is 3.19. The van der Waals surface area contributed by atoms with Gasteiger partial charge < -0.3 is 10.1 Å². The number of hydrogen-bond acceptors (Lipinski definition) is 3. The Bertz CT molecular complexity index is 493. The molecule has 4 nitrogen and oxygen atoms in total. The van der Waals surface area contributed by atoms with Crippen molar-refractivity contribution in [2.24, 2.45) is 0 Å². The molecule has 1 rings (SSSR count). The molecule has 0 radical (unpaired) electrons. The third-order valence-electron chi connectivity index (χ3n) is 2.37. The summed E-state index contributed by atoms with van der Waals surface area (Å²) in [6.45, 7) is 7.95. The molecule has 1 heterocycles. The molecule has 1 aromatic rings. The van der Waals surface area contributed by atoms with Gasteiger partial charge in [-0.3, -0.25) is 0 Å². The Morgan fingerprint density at radius 2 is 2.15 bits per heavy atom. The van der Waals surface area contributed by atoms with Gasteiger partial charge in [0.15, 0.2) is 0 Å². The van der Waals surface area contributed by atoms with Crippen molar-refractivity contribution in [3.63, 3.8) is 0 Å². The topological polar surface area (TPSA) is 51.2 Å². The minimum atomic E-state index is -0.466. The first-order chi connectivity index (χ1) is 9.28. The molecule has 5 heteroatoms. The zero-order chi connectivity index (χ0) is 15.2. The molecule has 0 aliphatic carbocycles. The van der Waals surface area contributed by atoms with E-state index in [-0.39, 0.29) is 0 Å². The van der Waals surface area contributed by atoms with Crippen LogP contribution in [0.1, 0.15) is 38.4 Å². The van der Waals surface area contributed by atoms with Crippen LogP contribution in [0, 0.1) is 6.92 Å². The van der Waals surface area contributed by atoms with Crippen molar-refractivity contribution in [3.8, 4) is 0 Å². The summed E-state index contributed by atoms with van der Waals surface area (Å²) in [4.78, 5) is 15.6. The fourth-order valence-electron chi connectivity index (χ4n) is 1.50. The first kappa shape index (κ1) is 16.5. The zero-order valence-corrected chi connectivity index (χ0v) is 13.1. The lowest BCUT2D eigenvalue weighted by Crippen LogP contribution is -2.32. The number of carbonyl (C=O) groups excluding carboxylic acids is 1. The van der Waals surface area contributed by atoms with Crippen LogP contribution in [0.5, 0.6) is 0 Å². The van der Waals surface area contributed by atoms with Crippen LogP contribution in [0.4, 0.5) is 4.79 Å². The van der Waals surface area contributed by atoms with Crippen LogP contribution in [-0.4, -0.2) is 23.2 Å². The molecule has 0 aliphatic rings. The van der Waals surface area contributed by atoms with Gasteiger partial charge in [0.25, 0.3) is 0 Å². The predicted molar refractivity (Wildman–Crippen MR) is 81.9 cm³/mol. The molecule has 0 bridgehead atoms. The average molecular weight is 297 g/mol. The second kappa shape index (κ2) is 7.29. The number of alkyl carbamates (subject to hydrolysis) is 1. The van der Waals surface area contributed by atoms with Crippen molar-refractivity contribution in [2.75, 3.05) is 6.54 Å². The molecular formula is C15H21ClN2O2. The highest BCUT2D eigenvalue weighted by Crippen LogP contribution is 2.12. The van der Waals surface area contributed by atoms with Gasteiger partial charge in [0.05, 0.1) is 0 Å². The van der Waals surface area contributed by atoms with Crippen molar-refractivity contribution in [3.05, 3.63) is 34.6 Å². The van der Waals surface area contributed by atoms with Gasteiger partial charge in [0, 0.05) is 12.2 Å². The summed E-state index contributed by atoms with van der Waals surface area (Å²) in [5.41, 5.74) is 1.44. The van der Waals surface area contributed by atoms with Crippen LogP contribution in [-0.2, 0) is 4.74 Å². The Morgan fingerprint density at radius 1 is 1.45 bits per heavy atom. The fourth-order valence-corrected chi connectivity index (χ4v) is 1.69. The van der Waals surface area contributed by atoms with Crippen LogP contribution in [0.2, 0.25) is 5.15 Å². The van der Waals surface area contributed by atoms with Crippen molar-refractivity contribution in [2.45, 2.75) is 39.7 Å². The number of aromatic nitrogens is 1. The molecule has 0 fully saturated rings. The van der Waals surface area contributed by atoms with Gasteiger partial charge in [-0.05, 0) is 45.7 Å². The molecule has 0 atom stereocenters. The second-order valence-corrected chi connectivity index (χ2v) is 5.82. The van der Waals surface area contributed by atoms with Gasteiger partial charge in [0.1, 0.15) is 10.8 Å². The van der Waals surface area contributed by atoms with Crippen LogP contribution < -0.4 is 5.32 Å². The molecular weight excluding hydrogens is 276 g/mol. The maximum absolute atomic E-state index is 11.4. The highest BCUT2D eigenvalue weighted by molar-refractivity contribution is 6.29. The Hall–Kier alpha value is -1.55. The van der Waals surface area contributed by atoms with E-state index in [9.17, 15) is 4.79 Å². The number of ether oxygens (including phenoxy) is 1. The maximum atomic E-state index is 11.4. The zero-order valence-electron chi connectivity index (χ0n) is 12.4. The Labute approximate surface area is 125 Å². The minimum Gasteiger partial charge on any atom is -0.444 e. The quantitative estimate of drug-likeness (QED) is 0.675. The highest BCUT2D eigenvalue weighted by atomic mass is 35.5. The van der Waals surface area contributed by atoms with Crippen molar-refractivity contribution in [1.29, 1.82) is 0 Å². The van der Waals surface area contributed by atoms with E-state index >= 15 is 0 Å². The number of rotatable bonds is 4. The number of carbonyl (C=O) groups is 1. The normalized spacial score (nSPS) is 11.7. The molecule has 0 spiro atoms. The number of hydrogen-bond donors (Lipinski definition) is 1. The van der Waals surface area contributed by atoms with Gasteiger partial charge in [0.2, 0.25) is 0 Å². The molecule has 1 N–H and O–H groups in total. The first-order valence-electron chi connectivity index (χ1n) is 6.54. The molecule has 1 amide bonds. The molecule has 20 heavy (non-hydrogen) atoms. The van der Waals surface area contributed by atoms with Crippen LogP contribution >= 0.6 is 11.6 Å². The van der Waals surface area contributed by atoms with E-state index in [4.69, 9.17) is 16.3 Å². The van der Waals surface area contributed by atoms with Crippen LogP contribution in [0.3, 0.4) is 0 Å². The van der Waals surface area contributed by atoms with E-state index in [1.165, 1.54) is 0 Å². The second-order valence-electron chi connectivity index (χ2n) is 5.43. The summed E-state index contributed by atoms with van der Waals surface area (Å²) in [7, 11) is 0. The maximum Gasteiger partial charge on any atom is 0.407 e. The number of halogens is 1. The number of aryl methyl sites for hydroxylation is 1. The largest absolute Gasteiger partial charge is 0.444 e. The molecule has 110 valence electrons. The van der Waals surface area contributed by atoms with E-state index in [2.05, 4.69) is 10.3 Å². The van der Waals surface area contributed by atoms with E-state index in [1.807, 2.05) is 45.9 Å². The lowest BCUT2D eigenvalue weighted by Gasteiger charge is -2.19. The van der Waals surface area contributed by atoms with Crippen molar-refractivity contribution in [1.82, 2.24) is 10.3 Å². The third-order valence-corrected chi connectivity index (χ3v) is 2.58. The molecule has 1 aromatic heterocycles. The van der Waals surface area contributed by atoms with Crippen molar-refractivity contribution >= 4 is 23.8 Å². The first-order valence-corrected chi connectivity index (χ1v) is 6.92. The fraction of sp³-hybridized carbons (Fsp3) is 0.467. The van der Waals surface area contributed by atoms with Gasteiger partial charge in [-0.15, -0.1) is 0 Å². The van der Waals surface area contributed by atoms with Gasteiger partial charge in [-0.1, -0.05) is 29.8 Å². The van der Waals surface area contributed by atoms with Crippen LogP contribution in [0.15, 0.2) is 18.2 Å². The summed E-state index contributed by atoms with van der Waals surface area (Å²) < 4.78 is 5.14. The lowest BCUT2D eigenvalue weighted by atomic mass is 10.2. The highest BCUT2D eigenvalue weighted by Gasteiger charge is 2.15. The predicted octanol–water partition coefficient (Wildman–Crippen LogP) is 3.97. The standard InChI is InChI=1S/C15H21ClN2O2/c1-11-12(8-9-13(16)18-11)7-5-6-10-17-14(19)20-15(2,3)4/h5,7-9H,6,10H2,1-4H3,(H,17,19). The number of pyridine rings is 1. The Balaban J connectivity index is 2.34. The van der Waals surface area contributed by atoms with E-state index in [1.54, 1.807) is 6.07 Å². The van der Waals surface area contributed by atoms with E-state index < -0.39 is 11.7 Å². The summed E-state index contributed by atoms with van der Waals surface area (Å²) in [6, 6.07) is 3.68. The molecule has 0 saturated heterocycles. The summed E-state index contributed by atoms with van der Waals surface area (Å²) in [5.74, 6) is 0. The smallest absolute Gasteiger partial charge is 0.407 e. The third kappa shape index (κ3) is 6.57. The van der Waals surface area contributed by atoms with Gasteiger partial charge >= 0.3 is 6.09 Å². The molecule has 0 aliphatic heterocycles. The van der Waals surface area contributed by atoms with Gasteiger partial charge in [-0.25, -0.2) is 9.78 Å². The minimum absolute atomic E-state index is 0.393. The summed E-state index contributed by atoms with van der Waals surface area (Å²) >= 11 is 5.79. The van der Waals surface area contributed by atoms with Gasteiger partial charge in [-0.2, -0.15) is 0 Å². The molecule has 0 aromatic carbocycles. The summed E-state index contributed by atoms with van der Waals surface area (Å²) in [6.07, 6.45) is 4.28. The van der Waals surface area contributed by atoms with Crippen LogP contribution in [0.25, 0.3) is 6.08 Å². The SMILES string of the molecule is Cc1nc(Cl)ccc1C=CCCNC(=O)OC(C)(C)C. The number of nitrogens with one attached hydrogen (secondary N) is 1. The van der Waals surface area contributed by atoms with E-state index in [0.29, 0.717) is 11.7 Å². The number of amides is 1. The lowest BCUT2D eigenvalue weighted by molar-refractivity contribution is 0.0529. The molecule has 0 unspecified atom stereocenters. The monoisotopic (exact) mass is 296 g/mol.